The van der Waals surface area contributed by atoms with Gasteiger partial charge in [-0.25, -0.2) is 0 Å². The normalized spacial score (nSPS) is 17.4. The topological polar surface area (TPSA) is 63.4 Å². The SMILES string of the molecule is C[C@H](O)[C@@H](C)[N+](=O)[O-]. The summed E-state index contributed by atoms with van der Waals surface area (Å²) in [5, 5.41) is 18.3. The number of aliphatic hydroxyl groups is 1. The van der Waals surface area contributed by atoms with Crippen LogP contribution in [0, 0.1) is 10.1 Å². The van der Waals surface area contributed by atoms with Crippen LogP contribution in [0.4, 0.5) is 0 Å². The average molecular weight is 119 g/mol. The van der Waals surface area contributed by atoms with Crippen molar-refractivity contribution in [3.05, 3.63) is 10.1 Å². The van der Waals surface area contributed by atoms with Crippen molar-refractivity contribution in [2.45, 2.75) is 26.0 Å². The Labute approximate surface area is 47.3 Å². The number of hydrogen-bond acceptors (Lipinski definition) is 3. The number of nitrogens with zero attached hydrogens (tertiary/aromatic N) is 1. The van der Waals surface area contributed by atoms with Crippen molar-refractivity contribution in [2.24, 2.45) is 0 Å². The summed E-state index contributed by atoms with van der Waals surface area (Å²) in [6.07, 6.45) is -0.856. The summed E-state index contributed by atoms with van der Waals surface area (Å²) in [6, 6.07) is -0.852. The fourth-order valence-electron chi connectivity index (χ4n) is 0.176. The fourth-order valence-corrected chi connectivity index (χ4v) is 0.176. The highest BCUT2D eigenvalue weighted by atomic mass is 16.6. The molecule has 0 spiro atoms. The van der Waals surface area contributed by atoms with E-state index in [0.29, 0.717) is 0 Å². The van der Waals surface area contributed by atoms with Crippen LogP contribution in [-0.2, 0) is 0 Å². The first-order valence-electron chi connectivity index (χ1n) is 2.37. The highest BCUT2D eigenvalue weighted by Crippen LogP contribution is 1.93. The second-order valence-corrected chi connectivity index (χ2v) is 1.77. The first-order chi connectivity index (χ1) is 3.55. The minimum atomic E-state index is -0.856. The molecule has 0 amide bonds. The van der Waals surface area contributed by atoms with Crippen molar-refractivity contribution in [3.63, 3.8) is 0 Å². The predicted molar refractivity (Wildman–Crippen MR) is 28.1 cm³/mol. The number of hydrogen-bond donors (Lipinski definition) is 1. The molecule has 4 nitrogen and oxygen atoms in total. The third kappa shape index (κ3) is 1.88. The van der Waals surface area contributed by atoms with Crippen LogP contribution < -0.4 is 0 Å². The molecule has 8 heavy (non-hydrogen) atoms. The molecule has 0 saturated heterocycles. The molecule has 2 atom stereocenters. The van der Waals surface area contributed by atoms with E-state index in [0.717, 1.165) is 0 Å². The summed E-state index contributed by atoms with van der Waals surface area (Å²) in [5.41, 5.74) is 0. The molecular formula is C4H9NO3. The molecular weight excluding hydrogens is 110 g/mol. The fraction of sp³-hybridized carbons (Fsp3) is 1.00. The molecule has 0 fully saturated rings. The van der Waals surface area contributed by atoms with Crippen molar-refractivity contribution in [3.8, 4) is 0 Å². The largest absolute Gasteiger partial charge is 0.386 e. The summed E-state index contributed by atoms with van der Waals surface area (Å²) >= 11 is 0. The van der Waals surface area contributed by atoms with E-state index in [-0.39, 0.29) is 0 Å². The van der Waals surface area contributed by atoms with E-state index < -0.39 is 17.1 Å². The molecule has 0 rings (SSSR count). The van der Waals surface area contributed by atoms with Crippen LogP contribution in [-0.4, -0.2) is 22.2 Å². The van der Waals surface area contributed by atoms with Gasteiger partial charge in [0.05, 0.1) is 0 Å². The van der Waals surface area contributed by atoms with Gasteiger partial charge < -0.3 is 5.11 Å². The highest BCUT2D eigenvalue weighted by Gasteiger charge is 2.18. The maximum atomic E-state index is 9.79. The molecule has 4 heteroatoms. The van der Waals surface area contributed by atoms with E-state index in [4.69, 9.17) is 5.11 Å². The molecule has 0 aliphatic heterocycles. The van der Waals surface area contributed by atoms with Crippen molar-refractivity contribution in [2.75, 3.05) is 0 Å². The van der Waals surface area contributed by atoms with Gasteiger partial charge in [-0.15, -0.1) is 0 Å². The van der Waals surface area contributed by atoms with Crippen molar-refractivity contribution in [1.29, 1.82) is 0 Å². The standard InChI is InChI=1S/C4H9NO3/c1-3(4(2)6)5(7)8/h3-4,6H,1-2H3/t3-,4+/m1/s1. The molecule has 1 N–H and O–H groups in total. The van der Waals surface area contributed by atoms with Crippen molar-refractivity contribution < 1.29 is 10.0 Å². The Morgan fingerprint density at radius 3 is 2.00 bits per heavy atom. The predicted octanol–water partition coefficient (Wildman–Crippen LogP) is 0.0324. The van der Waals surface area contributed by atoms with Crippen LogP contribution in [0.25, 0.3) is 0 Å². The summed E-state index contributed by atoms with van der Waals surface area (Å²) in [4.78, 5) is 9.28. The molecule has 0 heterocycles. The van der Waals surface area contributed by atoms with Gasteiger partial charge >= 0.3 is 0 Å². The van der Waals surface area contributed by atoms with E-state index in [1.807, 2.05) is 0 Å². The minimum Gasteiger partial charge on any atom is -0.386 e. The third-order valence-electron chi connectivity index (χ3n) is 1.03. The zero-order valence-electron chi connectivity index (χ0n) is 4.87. The molecule has 0 aromatic rings. The van der Waals surface area contributed by atoms with E-state index in [9.17, 15) is 10.1 Å². The van der Waals surface area contributed by atoms with E-state index in [2.05, 4.69) is 0 Å². The number of nitro groups is 1. The maximum Gasteiger partial charge on any atom is 0.235 e. The summed E-state index contributed by atoms with van der Waals surface area (Å²) in [5.74, 6) is 0. The van der Waals surface area contributed by atoms with E-state index in [1.165, 1.54) is 13.8 Å². The van der Waals surface area contributed by atoms with Gasteiger partial charge in [0, 0.05) is 11.8 Å². The van der Waals surface area contributed by atoms with Crippen LogP contribution in [0.3, 0.4) is 0 Å². The lowest BCUT2D eigenvalue weighted by molar-refractivity contribution is -0.528. The van der Waals surface area contributed by atoms with Crippen LogP contribution >= 0.6 is 0 Å². The quantitative estimate of drug-likeness (QED) is 0.412. The molecule has 0 aromatic carbocycles. The minimum absolute atomic E-state index is 0.509. The summed E-state index contributed by atoms with van der Waals surface area (Å²) in [6.45, 7) is 2.76. The van der Waals surface area contributed by atoms with Gasteiger partial charge in [-0.2, -0.15) is 0 Å². The van der Waals surface area contributed by atoms with Gasteiger partial charge in [-0.3, -0.25) is 10.1 Å². The zero-order valence-corrected chi connectivity index (χ0v) is 4.87. The second kappa shape index (κ2) is 2.61. The lowest BCUT2D eigenvalue weighted by Gasteiger charge is -2.03. The van der Waals surface area contributed by atoms with Crippen LogP contribution in [0.1, 0.15) is 13.8 Å². The van der Waals surface area contributed by atoms with Crippen LogP contribution in [0.15, 0.2) is 0 Å². The van der Waals surface area contributed by atoms with E-state index in [1.54, 1.807) is 0 Å². The van der Waals surface area contributed by atoms with Crippen molar-refractivity contribution in [1.82, 2.24) is 0 Å². The van der Waals surface area contributed by atoms with Gasteiger partial charge in [0.2, 0.25) is 6.04 Å². The third-order valence-corrected chi connectivity index (χ3v) is 1.03. The molecule has 48 valence electrons. The van der Waals surface area contributed by atoms with Gasteiger partial charge in [0.15, 0.2) is 0 Å². The smallest absolute Gasteiger partial charge is 0.235 e. The molecule has 0 aliphatic rings. The summed E-state index contributed by atoms with van der Waals surface area (Å²) in [7, 11) is 0. The monoisotopic (exact) mass is 119 g/mol. The Balaban J connectivity index is 3.64. The Kier molecular flexibility index (Phi) is 2.41. The Bertz CT molecular complexity index is 91.3. The molecule has 0 bridgehead atoms. The first kappa shape index (κ1) is 7.36. The van der Waals surface area contributed by atoms with Gasteiger partial charge in [-0.1, -0.05) is 0 Å². The van der Waals surface area contributed by atoms with Crippen LogP contribution in [0.5, 0.6) is 0 Å². The Morgan fingerprint density at radius 1 is 1.62 bits per heavy atom. The van der Waals surface area contributed by atoms with Gasteiger partial charge in [0.25, 0.3) is 0 Å². The first-order valence-corrected chi connectivity index (χ1v) is 2.37. The molecule has 0 radical (unpaired) electrons. The highest BCUT2D eigenvalue weighted by molar-refractivity contribution is 4.53. The average Bonchev–Trinajstić information content (AvgIpc) is 1.64. The van der Waals surface area contributed by atoms with Gasteiger partial charge in [-0.05, 0) is 6.92 Å². The van der Waals surface area contributed by atoms with E-state index >= 15 is 0 Å². The molecule has 0 aromatic heterocycles. The zero-order chi connectivity index (χ0) is 6.73. The molecule has 0 unspecified atom stereocenters. The molecule has 0 saturated carbocycles. The number of rotatable bonds is 2. The van der Waals surface area contributed by atoms with Gasteiger partial charge in [0.1, 0.15) is 6.10 Å². The molecule has 0 aliphatic carbocycles. The summed E-state index contributed by atoms with van der Waals surface area (Å²) < 4.78 is 0. The number of aliphatic hydroxyl groups excluding tert-OH is 1. The lowest BCUT2D eigenvalue weighted by atomic mass is 10.2. The second-order valence-electron chi connectivity index (χ2n) is 1.77. The Morgan fingerprint density at radius 2 is 2.00 bits per heavy atom. The lowest BCUT2D eigenvalue weighted by Crippen LogP contribution is -2.27. The Hall–Kier alpha value is -0.640. The maximum absolute atomic E-state index is 9.79. The van der Waals surface area contributed by atoms with Crippen molar-refractivity contribution >= 4 is 0 Å². The van der Waals surface area contributed by atoms with Crippen LogP contribution in [0.2, 0.25) is 0 Å².